The van der Waals surface area contributed by atoms with Crippen molar-refractivity contribution < 1.29 is 17.9 Å². The largest absolute Gasteiger partial charge is 0.476 e. The van der Waals surface area contributed by atoms with Crippen LogP contribution in [-0.2, 0) is 26.7 Å². The number of aromatic nitrogens is 1. The van der Waals surface area contributed by atoms with Crippen molar-refractivity contribution in [3.8, 4) is 5.75 Å². The summed E-state index contributed by atoms with van der Waals surface area (Å²) in [6.45, 7) is 7.95. The lowest BCUT2D eigenvalue weighted by Crippen LogP contribution is -2.49. The van der Waals surface area contributed by atoms with Gasteiger partial charge >= 0.3 is 0 Å². The molecule has 0 spiro atoms. The maximum absolute atomic E-state index is 13.9. The Kier molecular flexibility index (Phi) is 7.38. The zero-order valence-corrected chi connectivity index (χ0v) is 23.9. The van der Waals surface area contributed by atoms with Crippen molar-refractivity contribution in [2.75, 3.05) is 16.2 Å². The number of hydrogen-bond donors (Lipinski definition) is 1. The third-order valence-corrected chi connectivity index (χ3v) is 8.77. The van der Waals surface area contributed by atoms with Crippen molar-refractivity contribution in [1.82, 2.24) is 4.98 Å². The van der Waals surface area contributed by atoms with Gasteiger partial charge in [0.25, 0.3) is 15.9 Å². The Balaban J connectivity index is 1.41. The average Bonchev–Trinajstić information content (AvgIpc) is 2.93. The summed E-state index contributed by atoms with van der Waals surface area (Å²) >= 11 is 0. The van der Waals surface area contributed by atoms with E-state index in [-0.39, 0.29) is 16.9 Å². The molecule has 206 valence electrons. The van der Waals surface area contributed by atoms with Gasteiger partial charge in [0.15, 0.2) is 6.10 Å². The van der Waals surface area contributed by atoms with Crippen molar-refractivity contribution in [1.29, 1.82) is 0 Å². The van der Waals surface area contributed by atoms with Gasteiger partial charge in [0.05, 0.1) is 17.1 Å². The number of fused-ring (bicyclic) bond motifs is 1. The van der Waals surface area contributed by atoms with Gasteiger partial charge in [0.1, 0.15) is 5.75 Å². The molecule has 40 heavy (non-hydrogen) atoms. The summed E-state index contributed by atoms with van der Waals surface area (Å²) in [6, 6.07) is 23.7. The normalized spacial score (nSPS) is 15.2. The molecule has 0 radical (unpaired) electrons. The highest BCUT2D eigenvalue weighted by atomic mass is 32.2. The van der Waals surface area contributed by atoms with E-state index in [1.165, 1.54) is 4.31 Å². The Hall–Kier alpha value is -4.17. The molecule has 2 heterocycles. The van der Waals surface area contributed by atoms with Crippen LogP contribution in [0.4, 0.5) is 11.4 Å². The van der Waals surface area contributed by atoms with E-state index in [0.29, 0.717) is 17.1 Å². The van der Waals surface area contributed by atoms with Gasteiger partial charge in [-0.05, 0) is 84.0 Å². The molecule has 5 rings (SSSR count). The molecule has 1 N–H and O–H groups in total. The molecule has 3 aromatic carbocycles. The van der Waals surface area contributed by atoms with Gasteiger partial charge in [-0.3, -0.25) is 14.1 Å². The molecule has 0 unspecified atom stereocenters. The van der Waals surface area contributed by atoms with Crippen LogP contribution in [0, 0.1) is 6.92 Å². The Morgan fingerprint density at radius 3 is 2.25 bits per heavy atom. The number of sulfonamides is 1. The number of nitrogens with zero attached hydrogens (tertiary/aromatic N) is 2. The number of carbonyl (C=O) groups is 1. The fourth-order valence-electron chi connectivity index (χ4n) is 4.58. The van der Waals surface area contributed by atoms with Crippen LogP contribution in [0.5, 0.6) is 5.75 Å². The summed E-state index contributed by atoms with van der Waals surface area (Å²) in [6.07, 6.45) is 3.24. The predicted octanol–water partition coefficient (Wildman–Crippen LogP) is 5.87. The number of benzene rings is 3. The lowest BCUT2D eigenvalue weighted by atomic mass is 9.86. The monoisotopic (exact) mass is 555 g/mol. The van der Waals surface area contributed by atoms with Gasteiger partial charge in [-0.2, -0.15) is 0 Å². The molecule has 8 heteroatoms. The lowest BCUT2D eigenvalue weighted by Gasteiger charge is -2.36. The van der Waals surface area contributed by atoms with Gasteiger partial charge < -0.3 is 10.1 Å². The van der Waals surface area contributed by atoms with Crippen LogP contribution in [0.1, 0.15) is 43.0 Å². The highest BCUT2D eigenvalue weighted by Crippen LogP contribution is 2.40. The molecule has 0 saturated carbocycles. The van der Waals surface area contributed by atoms with Crippen LogP contribution >= 0.6 is 0 Å². The number of pyridine rings is 1. The molecule has 0 bridgehead atoms. The first kappa shape index (κ1) is 27.4. The van der Waals surface area contributed by atoms with Gasteiger partial charge in [-0.25, -0.2) is 8.42 Å². The van der Waals surface area contributed by atoms with Crippen molar-refractivity contribution in [2.45, 2.75) is 50.5 Å². The van der Waals surface area contributed by atoms with E-state index in [2.05, 4.69) is 31.1 Å². The number of anilines is 2. The number of rotatable bonds is 6. The SMILES string of the molecule is Cc1ccc(S(=O)(=O)N2C[C@@H](C(=O)Nc3ccc(Cc4ccncc4)cc3)Oc3ccc(C(C)(C)C)cc32)cc1. The standard InChI is InChI=1S/C32H33N3O4S/c1-22-5-12-27(13-6-22)40(37,38)35-21-30(39-29-14-9-25(20-28(29)35)32(2,3)4)31(36)34-26-10-7-23(8-11-26)19-24-15-17-33-18-16-24/h5-18,20,30H,19,21H2,1-4H3,(H,34,36)/t30-/m0/s1. The second-order valence-corrected chi connectivity index (χ2v) is 13.0. The molecule has 7 nitrogen and oxygen atoms in total. The summed E-state index contributed by atoms with van der Waals surface area (Å²) in [5.41, 5.74) is 5.00. The fraction of sp³-hybridized carbons (Fsp3) is 0.250. The second kappa shape index (κ2) is 10.8. The molecule has 0 aliphatic carbocycles. The molecule has 0 fully saturated rings. The third-order valence-electron chi connectivity index (χ3n) is 6.98. The Labute approximate surface area is 235 Å². The Morgan fingerprint density at radius 1 is 0.950 bits per heavy atom. The van der Waals surface area contributed by atoms with E-state index in [1.807, 2.05) is 55.5 Å². The molecule has 1 atom stereocenters. The highest BCUT2D eigenvalue weighted by Gasteiger charge is 2.38. The van der Waals surface area contributed by atoms with Crippen LogP contribution in [0.2, 0.25) is 0 Å². The van der Waals surface area contributed by atoms with Crippen LogP contribution in [0.15, 0.2) is 96.2 Å². The van der Waals surface area contributed by atoms with Gasteiger partial charge in [0.2, 0.25) is 0 Å². The summed E-state index contributed by atoms with van der Waals surface area (Å²) < 4.78 is 35.1. The molecule has 1 aromatic heterocycles. The Bertz CT molecular complexity index is 1610. The van der Waals surface area contributed by atoms with Crippen LogP contribution < -0.4 is 14.4 Å². The van der Waals surface area contributed by atoms with E-state index < -0.39 is 22.0 Å². The number of nitrogens with one attached hydrogen (secondary N) is 1. The lowest BCUT2D eigenvalue weighted by molar-refractivity contribution is -0.122. The smallest absolute Gasteiger partial charge is 0.267 e. The first-order valence-electron chi connectivity index (χ1n) is 13.2. The molecule has 1 amide bonds. The summed E-state index contributed by atoms with van der Waals surface area (Å²) in [4.78, 5) is 17.6. The maximum Gasteiger partial charge on any atom is 0.267 e. The third kappa shape index (κ3) is 5.87. The maximum atomic E-state index is 13.9. The minimum absolute atomic E-state index is 0.150. The molecular formula is C32H33N3O4S. The van der Waals surface area contributed by atoms with Gasteiger partial charge in [-0.15, -0.1) is 0 Å². The number of carbonyl (C=O) groups excluding carboxylic acids is 1. The summed E-state index contributed by atoms with van der Waals surface area (Å²) in [5, 5.41) is 2.89. The van der Waals surface area contributed by atoms with Crippen LogP contribution in [0.3, 0.4) is 0 Å². The van der Waals surface area contributed by atoms with Crippen molar-refractivity contribution in [3.63, 3.8) is 0 Å². The number of hydrogen-bond acceptors (Lipinski definition) is 5. The highest BCUT2D eigenvalue weighted by molar-refractivity contribution is 7.92. The summed E-state index contributed by atoms with van der Waals surface area (Å²) in [5.74, 6) is -0.0701. The van der Waals surface area contributed by atoms with E-state index in [9.17, 15) is 13.2 Å². The first-order chi connectivity index (χ1) is 19.0. The summed E-state index contributed by atoms with van der Waals surface area (Å²) in [7, 11) is -3.96. The minimum Gasteiger partial charge on any atom is -0.476 e. The average molecular weight is 556 g/mol. The van der Waals surface area contributed by atoms with E-state index in [4.69, 9.17) is 4.74 Å². The topological polar surface area (TPSA) is 88.6 Å². The fourth-order valence-corrected chi connectivity index (χ4v) is 6.05. The molecule has 0 saturated heterocycles. The zero-order chi connectivity index (χ0) is 28.5. The van der Waals surface area contributed by atoms with E-state index >= 15 is 0 Å². The van der Waals surface area contributed by atoms with Crippen LogP contribution in [-0.4, -0.2) is 32.0 Å². The molecule has 4 aromatic rings. The quantitative estimate of drug-likeness (QED) is 0.321. The first-order valence-corrected chi connectivity index (χ1v) is 14.6. The molecule has 1 aliphatic rings. The van der Waals surface area contributed by atoms with Crippen molar-refractivity contribution >= 4 is 27.3 Å². The zero-order valence-electron chi connectivity index (χ0n) is 23.1. The number of ether oxygens (including phenoxy) is 1. The second-order valence-electron chi connectivity index (χ2n) is 11.1. The molecular weight excluding hydrogens is 522 g/mol. The minimum atomic E-state index is -3.96. The Morgan fingerprint density at radius 2 is 1.60 bits per heavy atom. The van der Waals surface area contributed by atoms with Crippen molar-refractivity contribution in [3.05, 3.63) is 114 Å². The van der Waals surface area contributed by atoms with Gasteiger partial charge in [-0.1, -0.05) is 56.7 Å². The van der Waals surface area contributed by atoms with Gasteiger partial charge in [0, 0.05) is 18.1 Å². The van der Waals surface area contributed by atoms with E-state index in [0.717, 1.165) is 28.7 Å². The molecule has 1 aliphatic heterocycles. The number of aryl methyl sites for hydroxylation is 1. The van der Waals surface area contributed by atoms with Crippen LogP contribution in [0.25, 0.3) is 0 Å². The van der Waals surface area contributed by atoms with E-state index in [1.54, 1.807) is 42.7 Å². The van der Waals surface area contributed by atoms with Crippen molar-refractivity contribution in [2.24, 2.45) is 0 Å². The predicted molar refractivity (Wildman–Crippen MR) is 157 cm³/mol. The number of amides is 1.